The third-order valence-corrected chi connectivity index (χ3v) is 3.51. The zero-order valence-electron chi connectivity index (χ0n) is 10.4. The van der Waals surface area contributed by atoms with Crippen molar-refractivity contribution < 1.29 is 14.6 Å². The zero-order valence-corrected chi connectivity index (χ0v) is 10.4. The summed E-state index contributed by atoms with van der Waals surface area (Å²) in [5, 5.41) is 8.89. The van der Waals surface area contributed by atoms with Crippen molar-refractivity contribution in [3.8, 4) is 5.75 Å². The second kappa shape index (κ2) is 4.76. The van der Waals surface area contributed by atoms with Crippen molar-refractivity contribution in [1.29, 1.82) is 0 Å². The maximum Gasteiger partial charge on any atom is 0.335 e. The van der Waals surface area contributed by atoms with Crippen molar-refractivity contribution in [2.75, 3.05) is 6.61 Å². The molecule has 2 aromatic rings. The summed E-state index contributed by atoms with van der Waals surface area (Å²) in [5.41, 5.74) is 2.65. The lowest BCUT2D eigenvalue weighted by molar-refractivity contribution is 0.0697. The normalized spacial score (nSPS) is 17.4. The van der Waals surface area contributed by atoms with Crippen molar-refractivity contribution in [3.05, 3.63) is 65.2 Å². The van der Waals surface area contributed by atoms with E-state index in [-0.39, 0.29) is 5.92 Å². The largest absolute Gasteiger partial charge is 0.493 e. The van der Waals surface area contributed by atoms with E-state index in [9.17, 15) is 4.79 Å². The van der Waals surface area contributed by atoms with E-state index in [1.165, 1.54) is 5.56 Å². The molecule has 0 radical (unpaired) electrons. The molecule has 1 aliphatic rings. The van der Waals surface area contributed by atoms with E-state index in [1.54, 1.807) is 12.1 Å². The summed E-state index contributed by atoms with van der Waals surface area (Å²) in [6.45, 7) is 0.642. The lowest BCUT2D eigenvalue weighted by atomic mass is 9.90. The minimum absolute atomic E-state index is 0.290. The first kappa shape index (κ1) is 11.8. The Labute approximate surface area is 111 Å². The van der Waals surface area contributed by atoms with Crippen molar-refractivity contribution in [3.63, 3.8) is 0 Å². The van der Waals surface area contributed by atoms with Crippen LogP contribution in [0.4, 0.5) is 0 Å². The van der Waals surface area contributed by atoms with Gasteiger partial charge in [-0.15, -0.1) is 0 Å². The third kappa shape index (κ3) is 2.32. The van der Waals surface area contributed by atoms with Crippen LogP contribution in [-0.4, -0.2) is 17.7 Å². The number of benzene rings is 2. The molecule has 1 atom stereocenters. The van der Waals surface area contributed by atoms with Crippen LogP contribution in [0.25, 0.3) is 0 Å². The molecule has 0 saturated heterocycles. The minimum Gasteiger partial charge on any atom is -0.493 e. The Bertz CT molecular complexity index is 602. The smallest absolute Gasteiger partial charge is 0.335 e. The van der Waals surface area contributed by atoms with Gasteiger partial charge in [0.15, 0.2) is 0 Å². The van der Waals surface area contributed by atoms with Gasteiger partial charge in [0.05, 0.1) is 12.2 Å². The lowest BCUT2D eigenvalue weighted by Gasteiger charge is -2.25. The van der Waals surface area contributed by atoms with E-state index >= 15 is 0 Å². The van der Waals surface area contributed by atoms with Crippen molar-refractivity contribution >= 4 is 5.97 Å². The first-order valence-electron chi connectivity index (χ1n) is 6.28. The molecular formula is C16H14O3. The van der Waals surface area contributed by atoms with E-state index in [4.69, 9.17) is 9.84 Å². The quantitative estimate of drug-likeness (QED) is 0.895. The standard InChI is InChI=1S/C16H14O3/c17-16(18)12-7-5-11(6-8-12)14-9-13-3-1-2-4-15(13)19-10-14/h1-8,14H,9-10H2,(H,17,18). The first-order chi connectivity index (χ1) is 9.24. The van der Waals surface area contributed by atoms with E-state index in [0.29, 0.717) is 12.2 Å². The molecule has 0 saturated carbocycles. The Kier molecular flexibility index (Phi) is 2.95. The summed E-state index contributed by atoms with van der Waals surface area (Å²) >= 11 is 0. The molecule has 96 valence electrons. The molecule has 0 spiro atoms. The first-order valence-corrected chi connectivity index (χ1v) is 6.28. The summed E-state index contributed by atoms with van der Waals surface area (Å²) in [4.78, 5) is 10.8. The maximum absolute atomic E-state index is 10.8. The fourth-order valence-electron chi connectivity index (χ4n) is 2.44. The number of carbonyl (C=O) groups is 1. The number of hydrogen-bond acceptors (Lipinski definition) is 2. The van der Waals surface area contributed by atoms with Gasteiger partial charge < -0.3 is 9.84 Å². The van der Waals surface area contributed by atoms with Crippen molar-refractivity contribution in [1.82, 2.24) is 0 Å². The summed E-state index contributed by atoms with van der Waals surface area (Å²) < 4.78 is 5.75. The Morgan fingerprint density at radius 2 is 1.84 bits per heavy atom. The zero-order chi connectivity index (χ0) is 13.2. The van der Waals surface area contributed by atoms with E-state index in [1.807, 2.05) is 30.3 Å². The molecule has 1 unspecified atom stereocenters. The van der Waals surface area contributed by atoms with Gasteiger partial charge in [0, 0.05) is 5.92 Å². The second-order valence-electron chi connectivity index (χ2n) is 4.75. The summed E-state index contributed by atoms with van der Waals surface area (Å²) in [5.74, 6) is 0.357. The molecule has 0 fully saturated rings. The van der Waals surface area contributed by atoms with Crippen LogP contribution in [0.2, 0.25) is 0 Å². The summed E-state index contributed by atoms with van der Waals surface area (Å²) in [7, 11) is 0. The molecule has 1 N–H and O–H groups in total. The van der Waals surface area contributed by atoms with Gasteiger partial charge in [-0.2, -0.15) is 0 Å². The van der Waals surface area contributed by atoms with Crippen LogP contribution in [0.3, 0.4) is 0 Å². The van der Waals surface area contributed by atoms with Crippen LogP contribution in [0, 0.1) is 0 Å². The molecule has 0 amide bonds. The Morgan fingerprint density at radius 1 is 1.11 bits per heavy atom. The number of hydrogen-bond donors (Lipinski definition) is 1. The molecule has 1 heterocycles. The Morgan fingerprint density at radius 3 is 2.58 bits per heavy atom. The number of carboxylic acids is 1. The molecular weight excluding hydrogens is 240 g/mol. The van der Waals surface area contributed by atoms with E-state index < -0.39 is 5.97 Å². The molecule has 0 aromatic heterocycles. The monoisotopic (exact) mass is 254 g/mol. The molecule has 0 bridgehead atoms. The average Bonchev–Trinajstić information content (AvgIpc) is 2.47. The van der Waals surface area contributed by atoms with Crippen molar-refractivity contribution in [2.45, 2.75) is 12.3 Å². The van der Waals surface area contributed by atoms with Crippen LogP contribution >= 0.6 is 0 Å². The van der Waals surface area contributed by atoms with Crippen LogP contribution in [-0.2, 0) is 6.42 Å². The van der Waals surface area contributed by atoms with E-state index in [0.717, 1.165) is 17.7 Å². The number of para-hydroxylation sites is 1. The van der Waals surface area contributed by atoms with Gasteiger partial charge in [-0.05, 0) is 35.7 Å². The SMILES string of the molecule is O=C(O)c1ccc(C2COc3ccccc3C2)cc1. The fourth-order valence-corrected chi connectivity index (χ4v) is 2.44. The van der Waals surface area contributed by atoms with Crippen LogP contribution in [0.1, 0.15) is 27.4 Å². The van der Waals surface area contributed by atoms with Crippen molar-refractivity contribution in [2.24, 2.45) is 0 Å². The van der Waals surface area contributed by atoms with Crippen LogP contribution in [0.5, 0.6) is 5.75 Å². The molecule has 3 nitrogen and oxygen atoms in total. The second-order valence-corrected chi connectivity index (χ2v) is 4.75. The van der Waals surface area contributed by atoms with Gasteiger partial charge in [0.2, 0.25) is 0 Å². The summed E-state index contributed by atoms with van der Waals surface area (Å²) in [6, 6.07) is 15.1. The van der Waals surface area contributed by atoms with E-state index in [2.05, 4.69) is 6.07 Å². The molecule has 3 rings (SSSR count). The highest BCUT2D eigenvalue weighted by atomic mass is 16.5. The number of fused-ring (bicyclic) bond motifs is 1. The Balaban J connectivity index is 1.83. The van der Waals surface area contributed by atoms with Gasteiger partial charge in [-0.3, -0.25) is 0 Å². The van der Waals surface area contributed by atoms with Gasteiger partial charge in [-0.1, -0.05) is 30.3 Å². The molecule has 0 aliphatic carbocycles. The minimum atomic E-state index is -0.892. The summed E-state index contributed by atoms with van der Waals surface area (Å²) in [6.07, 6.45) is 0.933. The third-order valence-electron chi connectivity index (χ3n) is 3.51. The van der Waals surface area contributed by atoms with Crippen LogP contribution < -0.4 is 4.74 Å². The predicted molar refractivity (Wildman–Crippen MR) is 71.8 cm³/mol. The number of aromatic carboxylic acids is 1. The highest BCUT2D eigenvalue weighted by Gasteiger charge is 2.21. The molecule has 3 heteroatoms. The highest BCUT2D eigenvalue weighted by molar-refractivity contribution is 5.87. The van der Waals surface area contributed by atoms with Gasteiger partial charge in [-0.25, -0.2) is 4.79 Å². The van der Waals surface area contributed by atoms with Gasteiger partial charge in [0.1, 0.15) is 5.75 Å². The topological polar surface area (TPSA) is 46.5 Å². The number of rotatable bonds is 2. The van der Waals surface area contributed by atoms with Gasteiger partial charge in [0.25, 0.3) is 0 Å². The van der Waals surface area contributed by atoms with Gasteiger partial charge >= 0.3 is 5.97 Å². The Hall–Kier alpha value is -2.29. The number of carboxylic acid groups (broad SMARTS) is 1. The molecule has 2 aromatic carbocycles. The molecule has 1 aliphatic heterocycles. The fraction of sp³-hybridized carbons (Fsp3) is 0.188. The number of ether oxygens (including phenoxy) is 1. The maximum atomic E-state index is 10.8. The molecule has 19 heavy (non-hydrogen) atoms. The van der Waals surface area contributed by atoms with Crippen LogP contribution in [0.15, 0.2) is 48.5 Å². The highest BCUT2D eigenvalue weighted by Crippen LogP contribution is 2.32. The lowest BCUT2D eigenvalue weighted by Crippen LogP contribution is -2.19. The average molecular weight is 254 g/mol. The predicted octanol–water partition coefficient (Wildman–Crippen LogP) is 3.10.